The lowest BCUT2D eigenvalue weighted by Crippen LogP contribution is -2.36. The normalized spacial score (nSPS) is 15.2. The Morgan fingerprint density at radius 1 is 1.35 bits per heavy atom. The molecule has 0 unspecified atom stereocenters. The number of rotatable bonds is 2. The van der Waals surface area contributed by atoms with Crippen molar-refractivity contribution in [2.24, 2.45) is 0 Å². The third kappa shape index (κ3) is 2.98. The Kier molecular flexibility index (Phi) is 4.53. The Labute approximate surface area is 104 Å². The fraction of sp³-hybridized carbons (Fsp3) is 0.400. The first kappa shape index (κ1) is 13.5. The number of benzene rings is 1. The Morgan fingerprint density at radius 3 is 2.53 bits per heavy atom. The minimum absolute atomic E-state index is 0. The number of ether oxygens (including phenoxy) is 1. The molecule has 0 bridgehead atoms. The number of nitrogens with zero attached hydrogens (tertiary/aromatic N) is 2. The van der Waals surface area contributed by atoms with Crippen LogP contribution >= 0.6 is 12.4 Å². The van der Waals surface area contributed by atoms with Gasteiger partial charge in [-0.3, -0.25) is 10.1 Å². The number of phenolic OH excluding ortho intramolecular Hbond substituents is 1. The van der Waals surface area contributed by atoms with Crippen molar-refractivity contribution < 1.29 is 14.8 Å². The predicted molar refractivity (Wildman–Crippen MR) is 65.0 cm³/mol. The summed E-state index contributed by atoms with van der Waals surface area (Å²) < 4.78 is 5.19. The van der Waals surface area contributed by atoms with Gasteiger partial charge in [-0.1, -0.05) is 0 Å². The molecule has 94 valence electrons. The van der Waals surface area contributed by atoms with E-state index in [0.717, 1.165) is 0 Å². The van der Waals surface area contributed by atoms with Gasteiger partial charge in [0, 0.05) is 19.2 Å². The highest BCUT2D eigenvalue weighted by Gasteiger charge is 2.17. The molecule has 1 fully saturated rings. The number of nitro groups is 1. The first-order chi connectivity index (χ1) is 7.68. The lowest BCUT2D eigenvalue weighted by molar-refractivity contribution is -0.384. The van der Waals surface area contributed by atoms with Gasteiger partial charge in [-0.2, -0.15) is 0 Å². The van der Waals surface area contributed by atoms with Gasteiger partial charge in [-0.25, -0.2) is 0 Å². The quantitative estimate of drug-likeness (QED) is 0.645. The second-order valence-electron chi connectivity index (χ2n) is 3.53. The van der Waals surface area contributed by atoms with Gasteiger partial charge in [0.25, 0.3) is 5.69 Å². The van der Waals surface area contributed by atoms with Crippen molar-refractivity contribution in [2.75, 3.05) is 31.2 Å². The Morgan fingerprint density at radius 2 is 2.00 bits per heavy atom. The van der Waals surface area contributed by atoms with Gasteiger partial charge >= 0.3 is 0 Å². The number of anilines is 1. The summed E-state index contributed by atoms with van der Waals surface area (Å²) in [6, 6.07) is 4.13. The molecule has 1 aromatic rings. The molecule has 1 aliphatic heterocycles. The van der Waals surface area contributed by atoms with Crippen molar-refractivity contribution >= 4 is 23.8 Å². The largest absolute Gasteiger partial charge is 0.506 e. The van der Waals surface area contributed by atoms with Crippen molar-refractivity contribution in [3.05, 3.63) is 28.3 Å². The van der Waals surface area contributed by atoms with Crippen LogP contribution in [0.4, 0.5) is 11.4 Å². The summed E-state index contributed by atoms with van der Waals surface area (Å²) in [4.78, 5) is 11.9. The third-order valence-electron chi connectivity index (χ3n) is 2.52. The second kappa shape index (κ2) is 5.70. The van der Waals surface area contributed by atoms with Crippen LogP contribution in [0.1, 0.15) is 0 Å². The van der Waals surface area contributed by atoms with E-state index in [-0.39, 0.29) is 23.8 Å². The van der Waals surface area contributed by atoms with Crippen molar-refractivity contribution in [3.63, 3.8) is 0 Å². The highest BCUT2D eigenvalue weighted by molar-refractivity contribution is 5.85. The lowest BCUT2D eigenvalue weighted by Gasteiger charge is -2.29. The van der Waals surface area contributed by atoms with Gasteiger partial charge in [0.2, 0.25) is 0 Å². The molecule has 0 amide bonds. The molecule has 6 nitrogen and oxygen atoms in total. The number of aromatic hydroxyl groups is 1. The van der Waals surface area contributed by atoms with E-state index in [0.29, 0.717) is 32.0 Å². The number of morpholine rings is 1. The number of non-ortho nitro benzene ring substituents is 1. The molecule has 1 saturated heterocycles. The fourth-order valence-corrected chi connectivity index (χ4v) is 1.70. The molecule has 0 atom stereocenters. The molecule has 17 heavy (non-hydrogen) atoms. The second-order valence-corrected chi connectivity index (χ2v) is 3.53. The number of nitro benzene ring substituents is 1. The topological polar surface area (TPSA) is 75.8 Å². The van der Waals surface area contributed by atoms with Crippen LogP contribution in [0.15, 0.2) is 18.2 Å². The summed E-state index contributed by atoms with van der Waals surface area (Å²) in [5.41, 5.74) is 0.517. The van der Waals surface area contributed by atoms with Crippen molar-refractivity contribution in [1.82, 2.24) is 0 Å². The molecule has 0 aliphatic carbocycles. The molecule has 0 spiro atoms. The van der Waals surface area contributed by atoms with E-state index in [1.165, 1.54) is 12.1 Å². The average Bonchev–Trinajstić information content (AvgIpc) is 2.30. The van der Waals surface area contributed by atoms with Crippen molar-refractivity contribution in [1.29, 1.82) is 0 Å². The molecule has 0 saturated carbocycles. The third-order valence-corrected chi connectivity index (χ3v) is 2.52. The van der Waals surface area contributed by atoms with Crippen LogP contribution in [0.2, 0.25) is 0 Å². The van der Waals surface area contributed by atoms with Crippen molar-refractivity contribution in [3.8, 4) is 5.75 Å². The highest BCUT2D eigenvalue weighted by atomic mass is 35.5. The fourth-order valence-electron chi connectivity index (χ4n) is 1.70. The first-order valence-corrected chi connectivity index (χ1v) is 4.98. The van der Waals surface area contributed by atoms with E-state index in [9.17, 15) is 15.2 Å². The zero-order valence-electron chi connectivity index (χ0n) is 9.04. The van der Waals surface area contributed by atoms with E-state index in [2.05, 4.69) is 0 Å². The van der Waals surface area contributed by atoms with Crippen LogP contribution in [-0.2, 0) is 4.74 Å². The van der Waals surface area contributed by atoms with E-state index in [4.69, 9.17) is 4.74 Å². The van der Waals surface area contributed by atoms with Crippen LogP contribution in [-0.4, -0.2) is 36.3 Å². The van der Waals surface area contributed by atoms with Gasteiger partial charge in [0.1, 0.15) is 5.75 Å². The van der Waals surface area contributed by atoms with Crippen LogP contribution < -0.4 is 4.90 Å². The maximum atomic E-state index is 10.5. The van der Waals surface area contributed by atoms with Crippen molar-refractivity contribution in [2.45, 2.75) is 0 Å². The molecule has 1 aromatic carbocycles. The smallest absolute Gasteiger partial charge is 0.273 e. The Balaban J connectivity index is 0.00000144. The Bertz CT molecular complexity index is 407. The lowest BCUT2D eigenvalue weighted by atomic mass is 10.2. The van der Waals surface area contributed by atoms with Crippen LogP contribution in [0.25, 0.3) is 0 Å². The monoisotopic (exact) mass is 260 g/mol. The van der Waals surface area contributed by atoms with Crippen LogP contribution in [0, 0.1) is 10.1 Å². The summed E-state index contributed by atoms with van der Waals surface area (Å²) in [5.74, 6) is -0.0592. The molecule has 0 radical (unpaired) electrons. The Hall–Kier alpha value is -1.53. The molecule has 7 heteroatoms. The molecular formula is C10H13ClN2O4. The molecule has 2 rings (SSSR count). The minimum Gasteiger partial charge on any atom is -0.506 e. The molecule has 0 aromatic heterocycles. The molecule has 1 aliphatic rings. The van der Waals surface area contributed by atoms with Gasteiger partial charge < -0.3 is 14.7 Å². The SMILES string of the molecule is Cl.O=[N+]([O-])c1ccc(N2CCOCC2)c(O)c1. The number of halogens is 1. The average molecular weight is 261 g/mol. The van der Waals surface area contributed by atoms with E-state index >= 15 is 0 Å². The first-order valence-electron chi connectivity index (χ1n) is 4.98. The summed E-state index contributed by atoms with van der Waals surface area (Å²) >= 11 is 0. The van der Waals surface area contributed by atoms with Gasteiger partial charge in [-0.05, 0) is 6.07 Å². The number of hydrogen-bond donors (Lipinski definition) is 1. The summed E-state index contributed by atoms with van der Waals surface area (Å²) in [6.45, 7) is 2.59. The predicted octanol–water partition coefficient (Wildman–Crippen LogP) is 1.56. The zero-order chi connectivity index (χ0) is 11.5. The molecule has 1 heterocycles. The van der Waals surface area contributed by atoms with E-state index in [1.807, 2.05) is 4.90 Å². The van der Waals surface area contributed by atoms with Gasteiger partial charge in [0.05, 0.1) is 29.9 Å². The maximum absolute atomic E-state index is 10.5. The number of phenols is 1. The molecular weight excluding hydrogens is 248 g/mol. The zero-order valence-corrected chi connectivity index (χ0v) is 9.85. The standard InChI is InChI=1S/C10H12N2O4.ClH/c13-10-7-8(12(14)15)1-2-9(10)11-3-5-16-6-4-11;/h1-2,7,13H,3-6H2;1H. The molecule has 1 N–H and O–H groups in total. The highest BCUT2D eigenvalue weighted by Crippen LogP contribution is 2.31. The summed E-state index contributed by atoms with van der Waals surface area (Å²) in [7, 11) is 0. The maximum Gasteiger partial charge on any atom is 0.273 e. The summed E-state index contributed by atoms with van der Waals surface area (Å²) in [5, 5.41) is 20.2. The summed E-state index contributed by atoms with van der Waals surface area (Å²) in [6.07, 6.45) is 0. The van der Waals surface area contributed by atoms with E-state index < -0.39 is 4.92 Å². The van der Waals surface area contributed by atoms with Gasteiger partial charge in [-0.15, -0.1) is 12.4 Å². The van der Waals surface area contributed by atoms with E-state index in [1.54, 1.807) is 6.07 Å². The van der Waals surface area contributed by atoms with Crippen LogP contribution in [0.5, 0.6) is 5.75 Å². The minimum atomic E-state index is -0.525. The van der Waals surface area contributed by atoms with Gasteiger partial charge in [0.15, 0.2) is 0 Å². The van der Waals surface area contributed by atoms with Crippen LogP contribution in [0.3, 0.4) is 0 Å². The number of hydrogen-bond acceptors (Lipinski definition) is 5.